The fourth-order valence-corrected chi connectivity index (χ4v) is 5.41. The maximum absolute atomic E-state index is 13.8. The Kier molecular flexibility index (Phi) is 5.80. The summed E-state index contributed by atoms with van der Waals surface area (Å²) in [4.78, 5) is 15.6. The Balaban J connectivity index is 1.65. The fourth-order valence-electron chi connectivity index (χ4n) is 4.69. The number of carbonyl (C=O) groups is 1. The number of amides is 1. The third-order valence-corrected chi connectivity index (χ3v) is 6.96. The molecular weight excluding hydrogens is 493 g/mol. The zero-order valence-electron chi connectivity index (χ0n) is 18.3. The summed E-state index contributed by atoms with van der Waals surface area (Å²) in [5.74, 6) is 0.222. The SMILES string of the molecule is COc1cccc2c1O[C@]1(C)[C@H](C(=O)Nc3ccc(Cl)cc3)[C@@H]2NC(=S)N1c1cccc(Cl)c1. The molecule has 2 bridgehead atoms. The first kappa shape index (κ1) is 22.8. The summed E-state index contributed by atoms with van der Waals surface area (Å²) in [5, 5.41) is 7.94. The molecule has 3 aromatic carbocycles. The number of nitrogens with one attached hydrogen (secondary N) is 2. The number of methoxy groups -OCH3 is 1. The molecular formula is C25H21Cl2N3O3S. The monoisotopic (exact) mass is 513 g/mol. The molecule has 3 aromatic rings. The van der Waals surface area contributed by atoms with E-state index in [-0.39, 0.29) is 5.91 Å². The van der Waals surface area contributed by atoms with Crippen LogP contribution < -0.4 is 25.0 Å². The largest absolute Gasteiger partial charge is 0.493 e. The van der Waals surface area contributed by atoms with Crippen LogP contribution in [0.3, 0.4) is 0 Å². The first-order valence-electron chi connectivity index (χ1n) is 10.6. The minimum absolute atomic E-state index is 0.231. The molecule has 0 spiro atoms. The normalized spacial score (nSPS) is 22.8. The third kappa shape index (κ3) is 3.74. The number of carbonyl (C=O) groups excluding carboxylic acids is 1. The Hall–Kier alpha value is -3.00. The lowest BCUT2D eigenvalue weighted by molar-refractivity contribution is -0.130. The van der Waals surface area contributed by atoms with Gasteiger partial charge >= 0.3 is 0 Å². The van der Waals surface area contributed by atoms with Crippen molar-refractivity contribution in [3.63, 3.8) is 0 Å². The van der Waals surface area contributed by atoms with Gasteiger partial charge in [-0.2, -0.15) is 0 Å². The van der Waals surface area contributed by atoms with Crippen molar-refractivity contribution in [2.24, 2.45) is 5.92 Å². The topological polar surface area (TPSA) is 62.8 Å². The van der Waals surface area contributed by atoms with Crippen LogP contribution in [0.25, 0.3) is 0 Å². The van der Waals surface area contributed by atoms with Crippen LogP contribution >= 0.6 is 35.4 Å². The van der Waals surface area contributed by atoms with Gasteiger partial charge in [0.1, 0.15) is 5.92 Å². The van der Waals surface area contributed by atoms with E-state index in [1.807, 2.05) is 37.3 Å². The molecule has 6 nitrogen and oxygen atoms in total. The van der Waals surface area contributed by atoms with Crippen molar-refractivity contribution in [1.82, 2.24) is 5.32 Å². The number of hydrogen-bond acceptors (Lipinski definition) is 4. The van der Waals surface area contributed by atoms with E-state index in [0.29, 0.717) is 38.0 Å². The van der Waals surface area contributed by atoms with Gasteiger partial charge in [-0.15, -0.1) is 0 Å². The van der Waals surface area contributed by atoms with E-state index in [0.717, 1.165) is 5.56 Å². The van der Waals surface area contributed by atoms with Gasteiger partial charge in [-0.1, -0.05) is 41.4 Å². The fraction of sp³-hybridized carbons (Fsp3) is 0.200. The minimum atomic E-state index is -1.18. The van der Waals surface area contributed by atoms with E-state index in [1.54, 1.807) is 48.4 Å². The van der Waals surface area contributed by atoms with Gasteiger partial charge in [0.05, 0.1) is 13.2 Å². The molecule has 2 aliphatic heterocycles. The first-order chi connectivity index (χ1) is 16.3. The summed E-state index contributed by atoms with van der Waals surface area (Å²) in [5.41, 5.74) is 0.940. The number of anilines is 2. The van der Waals surface area contributed by atoms with E-state index in [2.05, 4.69) is 10.6 Å². The molecule has 0 unspecified atom stereocenters. The summed E-state index contributed by atoms with van der Waals surface area (Å²) in [6, 6.07) is 19.4. The zero-order chi connectivity index (χ0) is 24.0. The Morgan fingerprint density at radius 1 is 1.12 bits per heavy atom. The van der Waals surface area contributed by atoms with Crippen LogP contribution in [0, 0.1) is 5.92 Å². The maximum atomic E-state index is 13.8. The smallest absolute Gasteiger partial charge is 0.236 e. The third-order valence-electron chi connectivity index (χ3n) is 6.17. The van der Waals surface area contributed by atoms with Crippen LogP contribution in [0.2, 0.25) is 10.0 Å². The predicted molar refractivity (Wildman–Crippen MR) is 138 cm³/mol. The molecule has 9 heteroatoms. The standard InChI is InChI=1S/C25H21Cl2N3O3S/c1-25-20(23(31)28-16-11-9-14(26)10-12-16)21(18-7-4-8-19(32-2)22(18)33-25)29-24(34)30(25)17-6-3-5-15(27)13-17/h3-13,20-21H,1-2H3,(H,28,31)(H,29,34)/t20-,21+,25+/m0/s1. The van der Waals surface area contributed by atoms with E-state index in [4.69, 9.17) is 44.9 Å². The Morgan fingerprint density at radius 3 is 2.56 bits per heavy atom. The van der Waals surface area contributed by atoms with Crippen molar-refractivity contribution >= 4 is 57.8 Å². The average Bonchev–Trinajstić information content (AvgIpc) is 2.79. The van der Waals surface area contributed by atoms with Gasteiger partial charge in [-0.3, -0.25) is 9.69 Å². The van der Waals surface area contributed by atoms with Crippen molar-refractivity contribution in [3.8, 4) is 11.5 Å². The molecule has 2 aliphatic rings. The maximum Gasteiger partial charge on any atom is 0.236 e. The molecule has 1 amide bonds. The van der Waals surface area contributed by atoms with Gasteiger partial charge in [0.15, 0.2) is 22.3 Å². The van der Waals surface area contributed by atoms with Gasteiger partial charge in [-0.25, -0.2) is 0 Å². The van der Waals surface area contributed by atoms with E-state index >= 15 is 0 Å². The summed E-state index contributed by atoms with van der Waals surface area (Å²) in [6.45, 7) is 1.86. The summed E-state index contributed by atoms with van der Waals surface area (Å²) >= 11 is 18.1. The Morgan fingerprint density at radius 2 is 1.85 bits per heavy atom. The van der Waals surface area contributed by atoms with Crippen molar-refractivity contribution in [2.75, 3.05) is 17.3 Å². The van der Waals surface area contributed by atoms with Gasteiger partial charge in [0, 0.05) is 27.0 Å². The number of hydrogen-bond donors (Lipinski definition) is 2. The van der Waals surface area contributed by atoms with Crippen LogP contribution in [0.15, 0.2) is 66.7 Å². The Bertz CT molecular complexity index is 1290. The van der Waals surface area contributed by atoms with Crippen molar-refractivity contribution in [1.29, 1.82) is 0 Å². The molecule has 2 heterocycles. The van der Waals surface area contributed by atoms with Crippen LogP contribution in [0.5, 0.6) is 11.5 Å². The number of nitrogens with zero attached hydrogens (tertiary/aromatic N) is 1. The molecule has 34 heavy (non-hydrogen) atoms. The average molecular weight is 514 g/mol. The zero-order valence-corrected chi connectivity index (χ0v) is 20.7. The van der Waals surface area contributed by atoms with Crippen LogP contribution in [0.1, 0.15) is 18.5 Å². The number of para-hydroxylation sites is 1. The second-order valence-corrected chi connectivity index (χ2v) is 9.51. The van der Waals surface area contributed by atoms with E-state index < -0.39 is 17.7 Å². The molecule has 1 fully saturated rings. The van der Waals surface area contributed by atoms with Crippen LogP contribution in [-0.2, 0) is 4.79 Å². The highest BCUT2D eigenvalue weighted by Crippen LogP contribution is 2.52. The summed E-state index contributed by atoms with van der Waals surface area (Å²) < 4.78 is 12.2. The summed E-state index contributed by atoms with van der Waals surface area (Å²) in [7, 11) is 1.59. The van der Waals surface area contributed by atoms with E-state index in [1.165, 1.54) is 0 Å². The number of thiocarbonyl (C=S) groups is 1. The highest BCUT2D eigenvalue weighted by atomic mass is 35.5. The molecule has 174 valence electrons. The van der Waals surface area contributed by atoms with Crippen molar-refractivity contribution in [3.05, 3.63) is 82.3 Å². The molecule has 0 aliphatic carbocycles. The van der Waals surface area contributed by atoms with Crippen LogP contribution in [-0.4, -0.2) is 23.9 Å². The van der Waals surface area contributed by atoms with Gasteiger partial charge in [-0.05, 0) is 67.7 Å². The number of fused-ring (bicyclic) bond motifs is 4. The molecule has 3 atom stereocenters. The van der Waals surface area contributed by atoms with E-state index in [9.17, 15) is 4.79 Å². The predicted octanol–water partition coefficient (Wildman–Crippen LogP) is 5.80. The first-order valence-corrected chi connectivity index (χ1v) is 11.8. The lowest BCUT2D eigenvalue weighted by atomic mass is 9.78. The number of halogens is 2. The van der Waals surface area contributed by atoms with Gasteiger partial charge < -0.3 is 20.1 Å². The number of benzene rings is 3. The minimum Gasteiger partial charge on any atom is -0.493 e. The lowest BCUT2D eigenvalue weighted by Crippen LogP contribution is -2.72. The highest BCUT2D eigenvalue weighted by molar-refractivity contribution is 7.80. The lowest BCUT2D eigenvalue weighted by Gasteiger charge is -2.56. The Labute approximate surface area is 212 Å². The van der Waals surface area contributed by atoms with Crippen molar-refractivity contribution < 1.29 is 14.3 Å². The summed E-state index contributed by atoms with van der Waals surface area (Å²) in [6.07, 6.45) is 0. The molecule has 5 rings (SSSR count). The quantitative estimate of drug-likeness (QED) is 0.429. The highest BCUT2D eigenvalue weighted by Gasteiger charge is 2.59. The van der Waals surface area contributed by atoms with Crippen molar-refractivity contribution in [2.45, 2.75) is 18.7 Å². The molecule has 0 radical (unpaired) electrons. The van der Waals surface area contributed by atoms with Crippen LogP contribution in [0.4, 0.5) is 11.4 Å². The van der Waals surface area contributed by atoms with Gasteiger partial charge in [0.2, 0.25) is 5.91 Å². The molecule has 0 saturated carbocycles. The molecule has 0 aromatic heterocycles. The van der Waals surface area contributed by atoms with Gasteiger partial charge in [0.25, 0.3) is 0 Å². The second kappa shape index (κ2) is 8.65. The molecule has 1 saturated heterocycles. The molecule has 2 N–H and O–H groups in total. The number of ether oxygens (including phenoxy) is 2. The second-order valence-electron chi connectivity index (χ2n) is 8.25. The number of rotatable bonds is 4.